The van der Waals surface area contributed by atoms with Crippen molar-refractivity contribution < 1.29 is 14.3 Å². The minimum atomic E-state index is -0.926. The van der Waals surface area contributed by atoms with Gasteiger partial charge in [0.25, 0.3) is 5.91 Å². The highest BCUT2D eigenvalue weighted by Crippen LogP contribution is 2.20. The number of H-pyrrole nitrogens is 1. The molecule has 1 amide bonds. The molecule has 0 aliphatic rings. The average Bonchev–Trinajstić information content (AvgIpc) is 3.19. The van der Waals surface area contributed by atoms with Crippen LogP contribution < -0.4 is 10.2 Å². The molecule has 0 radical (unpaired) electrons. The molecule has 0 bridgehead atoms. The summed E-state index contributed by atoms with van der Waals surface area (Å²) in [6, 6.07) is 16.1. The molecule has 7 heteroatoms. The number of amides is 1. The molecular weight excluding hydrogens is 392 g/mol. The van der Waals surface area contributed by atoms with Crippen LogP contribution in [0.1, 0.15) is 11.1 Å². The molecule has 2 N–H and O–H groups in total. The number of hydrogen-bond donors (Lipinski definition) is 2. The summed E-state index contributed by atoms with van der Waals surface area (Å²) >= 11 is 0. The highest BCUT2D eigenvalue weighted by atomic mass is 16.5. The van der Waals surface area contributed by atoms with Gasteiger partial charge < -0.3 is 19.9 Å². The van der Waals surface area contributed by atoms with Gasteiger partial charge in [0, 0.05) is 43.3 Å². The lowest BCUT2D eigenvalue weighted by Gasteiger charge is -2.16. The Bertz CT molecular complexity index is 1150. The van der Waals surface area contributed by atoms with Gasteiger partial charge in [0.05, 0.1) is 7.11 Å². The molecule has 3 rings (SSSR count). The van der Waals surface area contributed by atoms with Crippen molar-refractivity contribution in [3.8, 4) is 6.07 Å². The third-order valence-corrected chi connectivity index (χ3v) is 4.98. The molecule has 1 aromatic heterocycles. The third-order valence-electron chi connectivity index (χ3n) is 4.98. The van der Waals surface area contributed by atoms with Crippen molar-refractivity contribution in [3.63, 3.8) is 0 Å². The van der Waals surface area contributed by atoms with E-state index in [1.54, 1.807) is 6.20 Å². The summed E-state index contributed by atoms with van der Waals surface area (Å²) < 4.78 is 4.87. The molecule has 3 aromatic rings. The van der Waals surface area contributed by atoms with Crippen molar-refractivity contribution in [1.29, 1.82) is 5.26 Å². The van der Waals surface area contributed by atoms with E-state index >= 15 is 0 Å². The Kier molecular flexibility index (Phi) is 6.73. The van der Waals surface area contributed by atoms with Crippen molar-refractivity contribution >= 4 is 34.5 Å². The number of nitriles is 1. The van der Waals surface area contributed by atoms with Gasteiger partial charge in [0.1, 0.15) is 17.7 Å². The molecule has 0 spiro atoms. The molecule has 0 fully saturated rings. The Morgan fingerprint density at radius 3 is 2.55 bits per heavy atom. The van der Waals surface area contributed by atoms with E-state index < -0.39 is 17.9 Å². The predicted octanol–water partition coefficient (Wildman–Crippen LogP) is 3.04. The molecule has 31 heavy (non-hydrogen) atoms. The minimum absolute atomic E-state index is 0.0922. The van der Waals surface area contributed by atoms with Crippen molar-refractivity contribution in [2.75, 3.05) is 26.1 Å². The molecule has 0 aliphatic carbocycles. The zero-order valence-corrected chi connectivity index (χ0v) is 17.7. The van der Waals surface area contributed by atoms with Crippen LogP contribution in [0.3, 0.4) is 0 Å². The molecule has 1 unspecified atom stereocenters. The summed E-state index contributed by atoms with van der Waals surface area (Å²) in [7, 11) is 5.13. The number of esters is 1. The minimum Gasteiger partial charge on any atom is -0.467 e. The number of nitrogens with one attached hydrogen (secondary N) is 2. The quantitative estimate of drug-likeness (QED) is 0.350. The number of anilines is 1. The number of rotatable bonds is 7. The van der Waals surface area contributed by atoms with Crippen LogP contribution in [-0.4, -0.2) is 44.1 Å². The monoisotopic (exact) mass is 416 g/mol. The second-order valence-corrected chi connectivity index (χ2v) is 7.27. The van der Waals surface area contributed by atoms with E-state index in [1.807, 2.05) is 73.6 Å². The van der Waals surface area contributed by atoms with Gasteiger partial charge in [-0.3, -0.25) is 4.79 Å². The Balaban J connectivity index is 1.80. The lowest BCUT2D eigenvalue weighted by molar-refractivity contribution is -0.144. The molecular formula is C24H24N4O3. The summed E-state index contributed by atoms with van der Waals surface area (Å²) in [4.78, 5) is 30.2. The van der Waals surface area contributed by atoms with Gasteiger partial charge in [0.2, 0.25) is 0 Å². The maximum atomic E-state index is 12.8. The smallest absolute Gasteiger partial charge is 0.328 e. The first kappa shape index (κ1) is 21.7. The second kappa shape index (κ2) is 9.63. The molecule has 1 heterocycles. The predicted molar refractivity (Wildman–Crippen MR) is 120 cm³/mol. The fraction of sp³-hybridized carbons (Fsp3) is 0.208. The van der Waals surface area contributed by atoms with Gasteiger partial charge in [-0.25, -0.2) is 4.79 Å². The van der Waals surface area contributed by atoms with Gasteiger partial charge in [-0.1, -0.05) is 30.3 Å². The number of fused-ring (bicyclic) bond motifs is 1. The largest absolute Gasteiger partial charge is 0.467 e. The van der Waals surface area contributed by atoms with Crippen molar-refractivity contribution in [2.45, 2.75) is 12.5 Å². The van der Waals surface area contributed by atoms with E-state index in [2.05, 4.69) is 10.3 Å². The van der Waals surface area contributed by atoms with Crippen molar-refractivity contribution in [1.82, 2.24) is 10.3 Å². The van der Waals surface area contributed by atoms with E-state index in [0.717, 1.165) is 22.2 Å². The molecule has 7 nitrogen and oxygen atoms in total. The molecule has 0 aliphatic heterocycles. The Hall–Kier alpha value is -4.05. The van der Waals surface area contributed by atoms with Gasteiger partial charge in [-0.05, 0) is 35.4 Å². The van der Waals surface area contributed by atoms with Crippen LogP contribution in [0.5, 0.6) is 0 Å². The number of carbonyl (C=O) groups excluding carboxylic acids is 2. The number of carbonyl (C=O) groups is 2. The third kappa shape index (κ3) is 5.11. The first-order valence-corrected chi connectivity index (χ1v) is 9.75. The lowest BCUT2D eigenvalue weighted by atomic mass is 10.0. The average molecular weight is 416 g/mol. The van der Waals surface area contributed by atoms with Crippen LogP contribution in [0.25, 0.3) is 17.0 Å². The zero-order valence-electron chi connectivity index (χ0n) is 17.7. The topological polar surface area (TPSA) is 98.2 Å². The van der Waals surface area contributed by atoms with Crippen LogP contribution in [0.15, 0.2) is 60.3 Å². The summed E-state index contributed by atoms with van der Waals surface area (Å²) in [5.74, 6) is -1.21. The van der Waals surface area contributed by atoms with Crippen molar-refractivity contribution in [3.05, 3.63) is 71.4 Å². The van der Waals surface area contributed by atoms with Gasteiger partial charge in [-0.15, -0.1) is 0 Å². The second-order valence-electron chi connectivity index (χ2n) is 7.27. The highest BCUT2D eigenvalue weighted by Gasteiger charge is 2.24. The number of hydrogen-bond acceptors (Lipinski definition) is 5. The summed E-state index contributed by atoms with van der Waals surface area (Å²) in [6.45, 7) is 0. The molecule has 158 valence electrons. The van der Waals surface area contributed by atoms with Gasteiger partial charge in [0.15, 0.2) is 0 Å². The lowest BCUT2D eigenvalue weighted by Crippen LogP contribution is -2.43. The van der Waals surface area contributed by atoms with Crippen molar-refractivity contribution in [2.24, 2.45) is 0 Å². The number of methoxy groups -OCH3 is 1. The maximum Gasteiger partial charge on any atom is 0.328 e. The van der Waals surface area contributed by atoms with Crippen LogP contribution in [0.4, 0.5) is 5.69 Å². The van der Waals surface area contributed by atoms with Crippen LogP contribution in [0.2, 0.25) is 0 Å². The molecule has 2 aromatic carbocycles. The van der Waals surface area contributed by atoms with E-state index in [-0.39, 0.29) is 12.0 Å². The first-order chi connectivity index (χ1) is 14.9. The van der Waals surface area contributed by atoms with E-state index in [9.17, 15) is 14.9 Å². The SMILES string of the molecule is COC(=O)C(Cc1c[nH]c2ccccc12)NC(=O)C(C#N)=Cc1ccc(N(C)C)cc1. The fourth-order valence-electron chi connectivity index (χ4n) is 3.28. The molecule has 0 saturated carbocycles. The van der Waals surface area contributed by atoms with Crippen LogP contribution in [-0.2, 0) is 20.7 Å². The normalized spacial score (nSPS) is 12.1. The maximum absolute atomic E-state index is 12.8. The number of aromatic nitrogens is 1. The summed E-state index contributed by atoms with van der Waals surface area (Å²) in [5.41, 5.74) is 3.43. The fourth-order valence-corrected chi connectivity index (χ4v) is 3.28. The Morgan fingerprint density at radius 2 is 1.90 bits per heavy atom. The number of aromatic amines is 1. The summed E-state index contributed by atoms with van der Waals surface area (Å²) in [5, 5.41) is 13.1. The van der Waals surface area contributed by atoms with E-state index in [0.29, 0.717) is 5.56 Å². The zero-order chi connectivity index (χ0) is 22.4. The Morgan fingerprint density at radius 1 is 1.19 bits per heavy atom. The van der Waals surface area contributed by atoms with E-state index in [1.165, 1.54) is 13.2 Å². The standard InChI is InChI=1S/C24H24N4O3/c1-28(2)19-10-8-16(9-11-19)12-17(14-25)23(29)27-22(24(30)31-3)13-18-15-26-21-7-5-4-6-20(18)21/h4-12,15,22,26H,13H2,1-3H3,(H,27,29). The molecule has 1 atom stereocenters. The van der Waals surface area contributed by atoms with Gasteiger partial charge in [-0.2, -0.15) is 5.26 Å². The first-order valence-electron chi connectivity index (χ1n) is 9.75. The molecule has 0 saturated heterocycles. The highest BCUT2D eigenvalue weighted by molar-refractivity contribution is 6.03. The van der Waals surface area contributed by atoms with Crippen LogP contribution >= 0.6 is 0 Å². The number of nitrogens with zero attached hydrogens (tertiary/aromatic N) is 2. The number of benzene rings is 2. The summed E-state index contributed by atoms with van der Waals surface area (Å²) in [6.07, 6.45) is 3.54. The van der Waals surface area contributed by atoms with Crippen LogP contribution in [0, 0.1) is 11.3 Å². The van der Waals surface area contributed by atoms with Gasteiger partial charge >= 0.3 is 5.97 Å². The van der Waals surface area contributed by atoms with E-state index in [4.69, 9.17) is 4.74 Å². The number of para-hydroxylation sites is 1. The number of ether oxygens (including phenoxy) is 1. The Labute approximate surface area is 180 Å².